The molecular weight excluding hydrogens is 352 g/mol. The van der Waals surface area contributed by atoms with E-state index in [9.17, 15) is 9.59 Å². The molecule has 0 radical (unpaired) electrons. The van der Waals surface area contributed by atoms with E-state index in [1.165, 1.54) is 7.11 Å². The summed E-state index contributed by atoms with van der Waals surface area (Å²) >= 11 is 0. The van der Waals surface area contributed by atoms with E-state index in [0.717, 1.165) is 16.8 Å². The number of methoxy groups -OCH3 is 1. The minimum Gasteiger partial charge on any atom is -0.468 e. The largest absolute Gasteiger partial charge is 0.468 e. The molecule has 0 N–H and O–H groups in total. The molecule has 0 spiro atoms. The number of carbonyl (C=O) groups is 2. The smallest absolute Gasteiger partial charge is 0.315 e. The highest BCUT2D eigenvalue weighted by Crippen LogP contribution is 2.46. The maximum atomic E-state index is 13.3. The van der Waals surface area contributed by atoms with E-state index in [4.69, 9.17) is 9.73 Å². The fraction of sp³-hybridized carbons (Fsp3) is 0.304. The van der Waals surface area contributed by atoms with Crippen molar-refractivity contribution in [1.82, 2.24) is 4.98 Å². The molecule has 2 heterocycles. The number of benzene rings is 1. The van der Waals surface area contributed by atoms with Gasteiger partial charge in [-0.15, -0.1) is 0 Å². The molecular formula is C23H22N2O3. The number of hydrogen-bond acceptors (Lipinski definition) is 5. The monoisotopic (exact) mass is 374 g/mol. The molecule has 142 valence electrons. The first kappa shape index (κ1) is 18.3. The molecule has 1 unspecified atom stereocenters. The zero-order chi connectivity index (χ0) is 19.7. The molecule has 1 aromatic carbocycles. The summed E-state index contributed by atoms with van der Waals surface area (Å²) in [6.45, 7) is 1.84. The van der Waals surface area contributed by atoms with Crippen molar-refractivity contribution in [1.29, 1.82) is 0 Å². The zero-order valence-electron chi connectivity index (χ0n) is 16.0. The van der Waals surface area contributed by atoms with Crippen molar-refractivity contribution < 1.29 is 14.3 Å². The summed E-state index contributed by atoms with van der Waals surface area (Å²) < 4.78 is 5.05. The Balaban J connectivity index is 1.81. The number of nitrogens with zero attached hydrogens (tertiary/aromatic N) is 2. The molecule has 1 aliphatic carbocycles. The van der Waals surface area contributed by atoms with Crippen LogP contribution in [0.15, 0.2) is 71.1 Å². The minimum atomic E-state index is -0.594. The Morgan fingerprint density at radius 3 is 2.43 bits per heavy atom. The van der Waals surface area contributed by atoms with Crippen LogP contribution in [0.2, 0.25) is 0 Å². The number of rotatable bonds is 3. The Morgan fingerprint density at radius 2 is 1.75 bits per heavy atom. The number of carbonyl (C=O) groups excluding carboxylic acids is 2. The quantitative estimate of drug-likeness (QED) is 0.766. The van der Waals surface area contributed by atoms with Crippen LogP contribution in [0.3, 0.4) is 0 Å². The van der Waals surface area contributed by atoms with Gasteiger partial charge in [0.25, 0.3) is 0 Å². The van der Waals surface area contributed by atoms with Crippen LogP contribution in [0.5, 0.6) is 0 Å². The summed E-state index contributed by atoms with van der Waals surface area (Å²) in [5, 5.41) is 0. The van der Waals surface area contributed by atoms with Crippen molar-refractivity contribution in [3.05, 3.63) is 77.3 Å². The van der Waals surface area contributed by atoms with Crippen LogP contribution in [-0.4, -0.2) is 29.6 Å². The van der Waals surface area contributed by atoms with Crippen molar-refractivity contribution in [2.75, 3.05) is 7.11 Å². The number of aliphatic imine (C=N–C) groups is 1. The number of aromatic nitrogens is 1. The van der Waals surface area contributed by atoms with Gasteiger partial charge in [0.15, 0.2) is 5.78 Å². The van der Waals surface area contributed by atoms with E-state index in [2.05, 4.69) is 17.1 Å². The lowest BCUT2D eigenvalue weighted by Gasteiger charge is -2.36. The average molecular weight is 374 g/mol. The maximum Gasteiger partial charge on any atom is 0.315 e. The fourth-order valence-corrected chi connectivity index (χ4v) is 4.38. The van der Waals surface area contributed by atoms with E-state index >= 15 is 0 Å². The second-order valence-electron chi connectivity index (χ2n) is 7.31. The molecule has 0 fully saturated rings. The Kier molecular flexibility index (Phi) is 4.90. The number of esters is 1. The number of hydrogen-bond donors (Lipinski definition) is 0. The first-order chi connectivity index (χ1) is 13.6. The SMILES string of the molecule is COC(=O)C1C(C)=NC2=C(C(=O)C[C@@H](c3ccccc3)C2)[C@@H]1c1ccncc1. The van der Waals surface area contributed by atoms with Gasteiger partial charge in [0, 0.05) is 41.7 Å². The molecule has 4 rings (SSSR count). The van der Waals surface area contributed by atoms with Gasteiger partial charge in [-0.1, -0.05) is 30.3 Å². The highest BCUT2D eigenvalue weighted by atomic mass is 16.5. The first-order valence-corrected chi connectivity index (χ1v) is 9.44. The molecule has 2 aliphatic rings. The van der Waals surface area contributed by atoms with Gasteiger partial charge < -0.3 is 4.74 Å². The lowest BCUT2D eigenvalue weighted by molar-refractivity contribution is -0.143. The van der Waals surface area contributed by atoms with E-state index < -0.39 is 5.92 Å². The molecule has 5 heteroatoms. The van der Waals surface area contributed by atoms with Gasteiger partial charge in [0.1, 0.15) is 5.92 Å². The number of allylic oxidation sites excluding steroid dienone is 2. The number of pyridine rings is 1. The van der Waals surface area contributed by atoms with Gasteiger partial charge >= 0.3 is 5.97 Å². The van der Waals surface area contributed by atoms with Gasteiger partial charge in [-0.05, 0) is 42.5 Å². The predicted molar refractivity (Wildman–Crippen MR) is 106 cm³/mol. The summed E-state index contributed by atoms with van der Waals surface area (Å²) in [5.41, 5.74) is 4.17. The van der Waals surface area contributed by atoms with Crippen molar-refractivity contribution in [3.8, 4) is 0 Å². The van der Waals surface area contributed by atoms with Crippen molar-refractivity contribution in [2.45, 2.75) is 31.6 Å². The topological polar surface area (TPSA) is 68.6 Å². The van der Waals surface area contributed by atoms with Gasteiger partial charge in [0.2, 0.25) is 0 Å². The third kappa shape index (κ3) is 3.17. The normalized spacial score (nSPS) is 24.4. The Morgan fingerprint density at radius 1 is 1.04 bits per heavy atom. The summed E-state index contributed by atoms with van der Waals surface area (Å²) in [6, 6.07) is 13.8. The van der Waals surface area contributed by atoms with Crippen molar-refractivity contribution in [3.63, 3.8) is 0 Å². The summed E-state index contributed by atoms with van der Waals surface area (Å²) in [4.78, 5) is 34.6. The molecule has 0 amide bonds. The molecule has 0 bridgehead atoms. The molecule has 0 saturated heterocycles. The lowest BCUT2D eigenvalue weighted by Crippen LogP contribution is -2.37. The molecule has 2 aromatic rings. The molecule has 28 heavy (non-hydrogen) atoms. The van der Waals surface area contributed by atoms with Crippen molar-refractivity contribution in [2.24, 2.45) is 10.9 Å². The van der Waals surface area contributed by atoms with Crippen LogP contribution in [0.4, 0.5) is 0 Å². The second kappa shape index (κ2) is 7.50. The Hall–Kier alpha value is -3.08. The molecule has 1 aromatic heterocycles. The summed E-state index contributed by atoms with van der Waals surface area (Å²) in [5.74, 6) is -1.18. The van der Waals surface area contributed by atoms with Crippen LogP contribution in [-0.2, 0) is 14.3 Å². The Labute approximate surface area is 164 Å². The molecule has 5 nitrogen and oxygen atoms in total. The van der Waals surface area contributed by atoms with E-state index in [1.807, 2.05) is 37.3 Å². The highest BCUT2D eigenvalue weighted by Gasteiger charge is 2.44. The van der Waals surface area contributed by atoms with Gasteiger partial charge in [-0.25, -0.2) is 0 Å². The van der Waals surface area contributed by atoms with Gasteiger partial charge in [-0.2, -0.15) is 0 Å². The molecule has 0 saturated carbocycles. The highest BCUT2D eigenvalue weighted by molar-refractivity contribution is 6.09. The van der Waals surface area contributed by atoms with E-state index in [0.29, 0.717) is 24.1 Å². The van der Waals surface area contributed by atoms with Gasteiger partial charge in [-0.3, -0.25) is 19.6 Å². The Bertz CT molecular complexity index is 964. The van der Waals surface area contributed by atoms with Crippen molar-refractivity contribution >= 4 is 17.5 Å². The standard InChI is InChI=1S/C23H22N2O3/c1-14-20(23(27)28-2)21(16-8-10-24-11-9-16)22-18(25-14)12-17(13-19(22)26)15-6-4-3-5-7-15/h3-11,17,20-21H,12-13H2,1-2H3/t17-,20?,21+/m0/s1. The van der Waals surface area contributed by atoms with Crippen LogP contribution in [0.25, 0.3) is 0 Å². The van der Waals surface area contributed by atoms with E-state index in [-0.39, 0.29) is 23.6 Å². The average Bonchev–Trinajstić information content (AvgIpc) is 2.73. The van der Waals surface area contributed by atoms with Crippen LogP contribution < -0.4 is 0 Å². The zero-order valence-corrected chi connectivity index (χ0v) is 16.0. The number of ether oxygens (including phenoxy) is 1. The van der Waals surface area contributed by atoms with Crippen LogP contribution in [0.1, 0.15) is 42.7 Å². The summed E-state index contributed by atoms with van der Waals surface area (Å²) in [7, 11) is 1.37. The number of ketones is 1. The van der Waals surface area contributed by atoms with Crippen LogP contribution >= 0.6 is 0 Å². The molecule has 1 aliphatic heterocycles. The van der Waals surface area contributed by atoms with Crippen LogP contribution in [0, 0.1) is 5.92 Å². The predicted octanol–water partition coefficient (Wildman–Crippen LogP) is 3.83. The molecule has 3 atom stereocenters. The third-order valence-corrected chi connectivity index (χ3v) is 5.68. The minimum absolute atomic E-state index is 0.0575. The maximum absolute atomic E-state index is 13.3. The third-order valence-electron chi connectivity index (χ3n) is 5.68. The first-order valence-electron chi connectivity index (χ1n) is 9.44. The van der Waals surface area contributed by atoms with E-state index in [1.54, 1.807) is 12.4 Å². The van der Waals surface area contributed by atoms with Gasteiger partial charge in [0.05, 0.1) is 7.11 Å². The number of Topliss-reactive ketones (excluding diaryl/α,β-unsaturated/α-hetero) is 1. The fourth-order valence-electron chi connectivity index (χ4n) is 4.38. The second-order valence-corrected chi connectivity index (χ2v) is 7.31. The lowest BCUT2D eigenvalue weighted by atomic mass is 9.69. The summed E-state index contributed by atoms with van der Waals surface area (Å²) in [6.07, 6.45) is 4.49.